The molecule has 0 amide bonds. The first kappa shape index (κ1) is 23.1. The summed E-state index contributed by atoms with van der Waals surface area (Å²) >= 11 is 0. The summed E-state index contributed by atoms with van der Waals surface area (Å²) in [7, 11) is 2.01. The molecule has 3 aromatic carbocycles. The van der Waals surface area contributed by atoms with Crippen molar-refractivity contribution in [2.24, 2.45) is 10.1 Å². The van der Waals surface area contributed by atoms with Crippen LogP contribution in [-0.2, 0) is 11.4 Å². The van der Waals surface area contributed by atoms with Crippen molar-refractivity contribution in [3.05, 3.63) is 89.0 Å². The lowest BCUT2D eigenvalue weighted by molar-refractivity contribution is 0.130. The third kappa shape index (κ3) is 6.45. The first-order valence-electron chi connectivity index (χ1n) is 10.8. The molecule has 166 valence electrons. The average molecular weight is 430 g/mol. The Morgan fingerprint density at radius 3 is 2.44 bits per heavy atom. The number of benzene rings is 3. The summed E-state index contributed by atoms with van der Waals surface area (Å²) in [4.78, 5) is 12.3. The van der Waals surface area contributed by atoms with Gasteiger partial charge in [-0.2, -0.15) is 0 Å². The highest BCUT2D eigenvalue weighted by Gasteiger charge is 2.08. The number of hydrogen-bond donors (Lipinski definition) is 0. The van der Waals surface area contributed by atoms with E-state index >= 15 is 0 Å². The maximum Gasteiger partial charge on any atom is 0.142 e. The molecule has 0 aliphatic carbocycles. The molecule has 3 rings (SSSR count). The fourth-order valence-corrected chi connectivity index (χ4v) is 3.15. The van der Waals surface area contributed by atoms with Crippen molar-refractivity contribution in [1.82, 2.24) is 4.90 Å². The van der Waals surface area contributed by atoms with Gasteiger partial charge in [-0.05, 0) is 80.8 Å². The number of nitrogens with zero attached hydrogens (tertiary/aromatic N) is 3. The summed E-state index contributed by atoms with van der Waals surface area (Å²) in [6.45, 7) is 9.48. The molecule has 32 heavy (non-hydrogen) atoms. The third-order valence-corrected chi connectivity index (χ3v) is 5.14. The van der Waals surface area contributed by atoms with Gasteiger partial charge in [-0.3, -0.25) is 0 Å². The Morgan fingerprint density at radius 1 is 0.938 bits per heavy atom. The minimum Gasteiger partial charge on any atom is -0.457 e. The summed E-state index contributed by atoms with van der Waals surface area (Å²) in [5, 5.41) is 4.35. The van der Waals surface area contributed by atoms with E-state index in [1.54, 1.807) is 0 Å². The first-order valence-corrected chi connectivity index (χ1v) is 10.8. The number of hydrogen-bond acceptors (Lipinski definition) is 4. The van der Waals surface area contributed by atoms with E-state index in [9.17, 15) is 0 Å². The van der Waals surface area contributed by atoms with Crippen LogP contribution in [0.2, 0.25) is 0 Å². The minimum absolute atomic E-state index is 0.368. The van der Waals surface area contributed by atoms with Crippen LogP contribution in [0.3, 0.4) is 0 Å². The molecule has 5 heteroatoms. The summed E-state index contributed by atoms with van der Waals surface area (Å²) in [6, 6.07) is 21.8. The van der Waals surface area contributed by atoms with Crippen LogP contribution in [0.25, 0.3) is 0 Å². The molecule has 0 heterocycles. The smallest absolute Gasteiger partial charge is 0.142 e. The van der Waals surface area contributed by atoms with Crippen LogP contribution in [0.1, 0.15) is 36.1 Å². The van der Waals surface area contributed by atoms with Crippen molar-refractivity contribution in [2.75, 3.05) is 13.6 Å². The van der Waals surface area contributed by atoms with Crippen LogP contribution in [-0.4, -0.2) is 30.5 Å². The van der Waals surface area contributed by atoms with Gasteiger partial charge < -0.3 is 14.5 Å². The summed E-state index contributed by atoms with van der Waals surface area (Å²) in [5.41, 5.74) is 6.08. The van der Waals surface area contributed by atoms with Crippen molar-refractivity contribution in [3.8, 4) is 11.5 Å². The molecule has 0 aliphatic rings. The lowest BCUT2D eigenvalue weighted by Crippen LogP contribution is -2.14. The predicted octanol–water partition coefficient (Wildman–Crippen LogP) is 6.65. The Balaban J connectivity index is 1.65. The van der Waals surface area contributed by atoms with E-state index in [0.717, 1.165) is 51.7 Å². The number of rotatable bonds is 9. The van der Waals surface area contributed by atoms with Gasteiger partial charge in [0.1, 0.15) is 18.1 Å². The van der Waals surface area contributed by atoms with Crippen LogP contribution in [0, 0.1) is 13.8 Å². The standard InChI is InChI=1S/C27H31N3O2/c1-6-30(5)19-28-27-16-20(2)26(15-21(27)3)22(4)29-31-18-23-11-10-14-25(17-23)32-24-12-8-7-9-13-24/h7-17,19H,6,18H2,1-5H3/b28-19-,29-22+. The Bertz CT molecular complexity index is 1090. The van der Waals surface area contributed by atoms with Gasteiger partial charge in [0.05, 0.1) is 17.7 Å². The van der Waals surface area contributed by atoms with Crippen molar-refractivity contribution < 1.29 is 9.57 Å². The van der Waals surface area contributed by atoms with Gasteiger partial charge >= 0.3 is 0 Å². The predicted molar refractivity (Wildman–Crippen MR) is 132 cm³/mol. The maximum atomic E-state index is 5.89. The molecule has 3 aromatic rings. The van der Waals surface area contributed by atoms with Crippen LogP contribution < -0.4 is 4.74 Å². The first-order chi connectivity index (χ1) is 15.5. The number of ether oxygens (including phenoxy) is 1. The molecule has 0 spiro atoms. The van der Waals surface area contributed by atoms with E-state index in [1.807, 2.05) is 79.8 Å². The fourth-order valence-electron chi connectivity index (χ4n) is 3.15. The quantitative estimate of drug-likeness (QED) is 0.217. The number of para-hydroxylation sites is 1. The highest BCUT2D eigenvalue weighted by atomic mass is 16.6. The van der Waals surface area contributed by atoms with Gasteiger partial charge in [0.2, 0.25) is 0 Å². The van der Waals surface area contributed by atoms with Crippen LogP contribution in [0.4, 0.5) is 5.69 Å². The molecule has 0 aromatic heterocycles. The molecule has 5 nitrogen and oxygen atoms in total. The van der Waals surface area contributed by atoms with E-state index in [0.29, 0.717) is 6.61 Å². The number of aliphatic imine (C=N–C) groups is 1. The highest BCUT2D eigenvalue weighted by molar-refractivity contribution is 6.00. The molecular formula is C27H31N3O2. The van der Waals surface area contributed by atoms with E-state index in [2.05, 4.69) is 43.1 Å². The zero-order valence-corrected chi connectivity index (χ0v) is 19.5. The third-order valence-electron chi connectivity index (χ3n) is 5.14. The zero-order valence-electron chi connectivity index (χ0n) is 19.5. The monoisotopic (exact) mass is 429 g/mol. The molecule has 0 bridgehead atoms. The Hall–Kier alpha value is -3.60. The summed E-state index contributed by atoms with van der Waals surface area (Å²) in [6.07, 6.45) is 1.86. The molecule has 0 N–H and O–H groups in total. The maximum absolute atomic E-state index is 5.89. The molecular weight excluding hydrogens is 398 g/mol. The molecule has 0 radical (unpaired) electrons. The van der Waals surface area contributed by atoms with E-state index in [-0.39, 0.29) is 0 Å². The molecule has 0 saturated heterocycles. The molecule has 0 saturated carbocycles. The molecule has 0 unspecified atom stereocenters. The molecule has 0 aliphatic heterocycles. The number of aryl methyl sites for hydroxylation is 2. The Kier molecular flexibility index (Phi) is 8.03. The van der Waals surface area contributed by atoms with E-state index < -0.39 is 0 Å². The Labute approximate surface area is 191 Å². The SMILES string of the molecule is CCN(C)/C=N\c1cc(C)c(/C(C)=N/OCc2cccc(Oc3ccccc3)c2)cc1C. The average Bonchev–Trinajstić information content (AvgIpc) is 2.80. The van der Waals surface area contributed by atoms with Gasteiger partial charge in [-0.15, -0.1) is 0 Å². The van der Waals surface area contributed by atoms with Crippen molar-refractivity contribution >= 4 is 17.7 Å². The molecule has 0 atom stereocenters. The lowest BCUT2D eigenvalue weighted by atomic mass is 10.0. The largest absolute Gasteiger partial charge is 0.457 e. The van der Waals surface area contributed by atoms with Gasteiger partial charge in [0.15, 0.2) is 0 Å². The summed E-state index contributed by atoms with van der Waals surface area (Å²) in [5.74, 6) is 1.58. The molecule has 0 fully saturated rings. The minimum atomic E-state index is 0.368. The second-order valence-electron chi connectivity index (χ2n) is 7.78. The van der Waals surface area contributed by atoms with Crippen LogP contribution >= 0.6 is 0 Å². The highest BCUT2D eigenvalue weighted by Crippen LogP contribution is 2.24. The summed E-state index contributed by atoms with van der Waals surface area (Å²) < 4.78 is 5.89. The second kappa shape index (κ2) is 11.1. The lowest BCUT2D eigenvalue weighted by Gasteiger charge is -2.12. The second-order valence-corrected chi connectivity index (χ2v) is 7.78. The van der Waals surface area contributed by atoms with E-state index in [4.69, 9.17) is 9.57 Å². The van der Waals surface area contributed by atoms with Crippen LogP contribution in [0.5, 0.6) is 11.5 Å². The van der Waals surface area contributed by atoms with Crippen molar-refractivity contribution in [2.45, 2.75) is 34.3 Å². The topological polar surface area (TPSA) is 46.4 Å². The fraction of sp³-hybridized carbons (Fsp3) is 0.259. The van der Waals surface area contributed by atoms with Crippen molar-refractivity contribution in [1.29, 1.82) is 0 Å². The van der Waals surface area contributed by atoms with Crippen molar-refractivity contribution in [3.63, 3.8) is 0 Å². The van der Waals surface area contributed by atoms with E-state index in [1.165, 1.54) is 0 Å². The van der Waals surface area contributed by atoms with Gasteiger partial charge in [0, 0.05) is 19.2 Å². The Morgan fingerprint density at radius 2 is 1.69 bits per heavy atom. The number of oxime groups is 1. The van der Waals surface area contributed by atoms with Gasteiger partial charge in [-0.1, -0.05) is 35.5 Å². The zero-order chi connectivity index (χ0) is 22.9. The van der Waals surface area contributed by atoms with Crippen LogP contribution in [0.15, 0.2) is 76.9 Å². The normalized spacial score (nSPS) is 11.6. The van der Waals surface area contributed by atoms with Gasteiger partial charge in [-0.25, -0.2) is 4.99 Å². The van der Waals surface area contributed by atoms with Gasteiger partial charge in [0.25, 0.3) is 0 Å².